The van der Waals surface area contributed by atoms with E-state index in [1.165, 1.54) is 0 Å². The predicted octanol–water partition coefficient (Wildman–Crippen LogP) is 2.78. The van der Waals surface area contributed by atoms with Gasteiger partial charge in [0, 0.05) is 36.9 Å². The van der Waals surface area contributed by atoms with E-state index in [1.54, 1.807) is 0 Å². The average Bonchev–Trinajstić information content (AvgIpc) is 2.91. The molecular weight excluding hydrogens is 222 g/mol. The molecule has 0 saturated carbocycles. The van der Waals surface area contributed by atoms with Gasteiger partial charge >= 0.3 is 0 Å². The molecule has 0 saturated heterocycles. The lowest BCUT2D eigenvalue weighted by Crippen LogP contribution is -2.43. The maximum Gasteiger partial charge on any atom is 0.0472 e. The molecule has 0 unspecified atom stereocenters. The number of nitrogens with zero attached hydrogens (tertiary/aromatic N) is 2. The fourth-order valence-electron chi connectivity index (χ4n) is 1.85. The highest BCUT2D eigenvalue weighted by Crippen LogP contribution is 2.15. The van der Waals surface area contributed by atoms with Crippen LogP contribution in [0.2, 0.25) is 0 Å². The lowest BCUT2D eigenvalue weighted by atomic mass is 10.1. The van der Waals surface area contributed by atoms with Crippen molar-refractivity contribution in [2.24, 2.45) is 0 Å². The third kappa shape index (κ3) is 4.83. The molecular formula is C15H29N3. The van der Waals surface area contributed by atoms with Crippen LogP contribution in [0.5, 0.6) is 0 Å². The zero-order chi connectivity index (χ0) is 13.8. The van der Waals surface area contributed by atoms with Crippen molar-refractivity contribution in [2.45, 2.75) is 52.6 Å². The highest BCUT2D eigenvalue weighted by Gasteiger charge is 2.20. The Kier molecular flexibility index (Phi) is 5.00. The van der Waals surface area contributed by atoms with Crippen LogP contribution in [0.25, 0.3) is 0 Å². The maximum atomic E-state index is 3.22. The Morgan fingerprint density at radius 1 is 0.833 bits per heavy atom. The normalized spacial score (nSPS) is 20.2. The minimum absolute atomic E-state index is 0.215. The summed E-state index contributed by atoms with van der Waals surface area (Å²) in [5.74, 6) is 0. The molecule has 104 valence electrons. The molecule has 0 aromatic carbocycles. The van der Waals surface area contributed by atoms with Gasteiger partial charge in [0.2, 0.25) is 0 Å². The second-order valence-corrected chi connectivity index (χ2v) is 6.84. The third-order valence-corrected chi connectivity index (χ3v) is 3.12. The average molecular weight is 251 g/mol. The zero-order valence-corrected chi connectivity index (χ0v) is 12.8. The lowest BCUT2D eigenvalue weighted by molar-refractivity contribution is 0.158. The molecule has 1 N–H and O–H groups in total. The molecule has 0 aromatic rings. The first-order valence-electron chi connectivity index (χ1n) is 6.81. The van der Waals surface area contributed by atoms with E-state index in [0.29, 0.717) is 5.54 Å². The van der Waals surface area contributed by atoms with Gasteiger partial charge in [0.1, 0.15) is 0 Å². The standard InChI is InChI=1S/C8H15N.C7H14N2/c1-8(2,3)9-6-4-5-7-9;1-7(2,3)9-6-4-5-8-9/h4-5H,6-7H2,1-3H3;4,6,8H,5H2,1-3H3. The van der Waals surface area contributed by atoms with E-state index in [9.17, 15) is 0 Å². The van der Waals surface area contributed by atoms with E-state index in [4.69, 9.17) is 0 Å². The van der Waals surface area contributed by atoms with Crippen LogP contribution in [0.3, 0.4) is 0 Å². The van der Waals surface area contributed by atoms with E-state index in [-0.39, 0.29) is 5.54 Å². The van der Waals surface area contributed by atoms with Crippen molar-refractivity contribution in [1.82, 2.24) is 15.3 Å². The van der Waals surface area contributed by atoms with Crippen molar-refractivity contribution in [3.63, 3.8) is 0 Å². The van der Waals surface area contributed by atoms with Crippen molar-refractivity contribution in [2.75, 3.05) is 19.6 Å². The summed E-state index contributed by atoms with van der Waals surface area (Å²) >= 11 is 0. The molecule has 2 aliphatic rings. The lowest BCUT2D eigenvalue weighted by Gasteiger charge is -2.31. The maximum absolute atomic E-state index is 3.22. The molecule has 3 heteroatoms. The highest BCUT2D eigenvalue weighted by molar-refractivity contribution is 4.99. The Balaban J connectivity index is 0.000000180. The van der Waals surface area contributed by atoms with Crippen LogP contribution in [-0.2, 0) is 0 Å². The highest BCUT2D eigenvalue weighted by atomic mass is 15.5. The summed E-state index contributed by atoms with van der Waals surface area (Å²) in [6.07, 6.45) is 8.65. The van der Waals surface area contributed by atoms with E-state index < -0.39 is 0 Å². The first-order valence-corrected chi connectivity index (χ1v) is 6.81. The summed E-state index contributed by atoms with van der Waals surface area (Å²) in [5, 5.41) is 2.12. The summed E-state index contributed by atoms with van der Waals surface area (Å²) < 4.78 is 0. The Hall–Kier alpha value is -0.800. The number of nitrogens with one attached hydrogen (secondary N) is 1. The van der Waals surface area contributed by atoms with Crippen LogP contribution in [0.15, 0.2) is 24.4 Å². The molecule has 0 bridgehead atoms. The summed E-state index contributed by atoms with van der Waals surface area (Å²) in [6, 6.07) is 0. The SMILES string of the molecule is CC(C)(C)N1C=CCN1.CC(C)(C)N1CC=CC1. The van der Waals surface area contributed by atoms with Gasteiger partial charge < -0.3 is 5.01 Å². The number of hydrogen-bond acceptors (Lipinski definition) is 3. The van der Waals surface area contributed by atoms with Gasteiger partial charge in [-0.1, -0.05) is 18.2 Å². The molecule has 2 heterocycles. The number of hydrazine groups is 1. The van der Waals surface area contributed by atoms with E-state index in [1.807, 2.05) is 0 Å². The Labute approximate surface area is 113 Å². The van der Waals surface area contributed by atoms with Crippen molar-refractivity contribution >= 4 is 0 Å². The first kappa shape index (κ1) is 15.3. The van der Waals surface area contributed by atoms with Crippen LogP contribution in [0, 0.1) is 0 Å². The van der Waals surface area contributed by atoms with Gasteiger partial charge in [0.05, 0.1) is 0 Å². The van der Waals surface area contributed by atoms with Gasteiger partial charge in [-0.15, -0.1) is 0 Å². The van der Waals surface area contributed by atoms with Crippen LogP contribution in [0.1, 0.15) is 41.5 Å². The monoisotopic (exact) mass is 251 g/mol. The van der Waals surface area contributed by atoms with Crippen LogP contribution in [0.4, 0.5) is 0 Å². The first-order chi connectivity index (χ1) is 8.21. The van der Waals surface area contributed by atoms with E-state index in [2.05, 4.69) is 81.3 Å². The summed E-state index contributed by atoms with van der Waals surface area (Å²) in [5.41, 5.74) is 3.78. The minimum atomic E-state index is 0.215. The molecule has 0 spiro atoms. The van der Waals surface area contributed by atoms with E-state index >= 15 is 0 Å². The fourth-order valence-corrected chi connectivity index (χ4v) is 1.85. The van der Waals surface area contributed by atoms with Crippen molar-refractivity contribution in [3.05, 3.63) is 24.4 Å². The molecule has 0 aromatic heterocycles. The quantitative estimate of drug-likeness (QED) is 0.668. The molecule has 0 amide bonds. The largest absolute Gasteiger partial charge is 0.310 e. The second-order valence-electron chi connectivity index (χ2n) is 6.84. The number of rotatable bonds is 0. The second kappa shape index (κ2) is 5.89. The molecule has 3 nitrogen and oxygen atoms in total. The molecule has 0 aliphatic carbocycles. The molecule has 2 rings (SSSR count). The van der Waals surface area contributed by atoms with Crippen LogP contribution >= 0.6 is 0 Å². The Morgan fingerprint density at radius 3 is 1.61 bits per heavy atom. The molecule has 0 radical (unpaired) electrons. The number of hydrogen-bond donors (Lipinski definition) is 1. The van der Waals surface area contributed by atoms with Gasteiger partial charge in [0.15, 0.2) is 0 Å². The van der Waals surface area contributed by atoms with Gasteiger partial charge in [-0.2, -0.15) is 0 Å². The topological polar surface area (TPSA) is 18.5 Å². The minimum Gasteiger partial charge on any atom is -0.310 e. The van der Waals surface area contributed by atoms with Crippen LogP contribution in [-0.4, -0.2) is 40.6 Å². The summed E-state index contributed by atoms with van der Waals surface area (Å²) in [6.45, 7) is 16.5. The smallest absolute Gasteiger partial charge is 0.0472 e. The van der Waals surface area contributed by atoms with E-state index in [0.717, 1.165) is 19.6 Å². The van der Waals surface area contributed by atoms with Gasteiger partial charge in [-0.3, -0.25) is 4.90 Å². The predicted molar refractivity (Wildman–Crippen MR) is 79.2 cm³/mol. The Morgan fingerprint density at radius 2 is 1.39 bits per heavy atom. The molecule has 18 heavy (non-hydrogen) atoms. The third-order valence-electron chi connectivity index (χ3n) is 3.12. The van der Waals surface area contributed by atoms with Crippen molar-refractivity contribution in [1.29, 1.82) is 0 Å². The van der Waals surface area contributed by atoms with Gasteiger partial charge in [0.25, 0.3) is 0 Å². The molecule has 2 aliphatic heterocycles. The van der Waals surface area contributed by atoms with Gasteiger partial charge in [-0.05, 0) is 41.5 Å². The van der Waals surface area contributed by atoms with Crippen molar-refractivity contribution in [3.8, 4) is 0 Å². The Bertz CT molecular complexity index is 297. The fraction of sp³-hybridized carbons (Fsp3) is 0.733. The van der Waals surface area contributed by atoms with Gasteiger partial charge in [-0.25, -0.2) is 5.43 Å². The zero-order valence-electron chi connectivity index (χ0n) is 12.8. The molecule has 0 atom stereocenters. The molecule has 0 fully saturated rings. The summed E-state index contributed by atoms with van der Waals surface area (Å²) in [4.78, 5) is 2.44. The van der Waals surface area contributed by atoms with Crippen LogP contribution < -0.4 is 5.43 Å². The summed E-state index contributed by atoms with van der Waals surface area (Å²) in [7, 11) is 0. The van der Waals surface area contributed by atoms with Crippen molar-refractivity contribution < 1.29 is 0 Å².